The summed E-state index contributed by atoms with van der Waals surface area (Å²) in [6.07, 6.45) is 0.110. The summed E-state index contributed by atoms with van der Waals surface area (Å²) in [6, 6.07) is 31.9. The van der Waals surface area contributed by atoms with E-state index in [1.165, 1.54) is 17.0 Å². The first-order chi connectivity index (χ1) is 21.8. The van der Waals surface area contributed by atoms with Crippen LogP contribution in [0.4, 0.5) is 4.39 Å². The number of carbonyl (C=O) groups is 2. The Kier molecular flexibility index (Phi) is 10.1. The van der Waals surface area contributed by atoms with Gasteiger partial charge in [-0.3, -0.25) is 19.4 Å². The van der Waals surface area contributed by atoms with E-state index >= 15 is 0 Å². The van der Waals surface area contributed by atoms with Crippen molar-refractivity contribution < 1.29 is 23.8 Å². The lowest BCUT2D eigenvalue weighted by atomic mass is 9.83. The van der Waals surface area contributed by atoms with Crippen molar-refractivity contribution in [3.8, 4) is 5.75 Å². The van der Waals surface area contributed by atoms with Crippen LogP contribution in [-0.4, -0.2) is 59.0 Å². The van der Waals surface area contributed by atoms with Gasteiger partial charge in [0, 0.05) is 19.0 Å². The van der Waals surface area contributed by atoms with Crippen molar-refractivity contribution in [2.24, 2.45) is 0 Å². The molecule has 5 rings (SSSR count). The molecular weight excluding hydrogens is 567 g/mol. The summed E-state index contributed by atoms with van der Waals surface area (Å²) in [4.78, 5) is 31.7. The van der Waals surface area contributed by atoms with E-state index in [9.17, 15) is 19.1 Å². The SMILES string of the molecule is CCN(CC)C(C)COc1ccc(C2C(=O)N(CCC(O)(c3ccccc3)c3ccccc3)C(=O)C2c2ccc(F)cc2)cc1. The lowest BCUT2D eigenvalue weighted by Crippen LogP contribution is -2.37. The summed E-state index contributed by atoms with van der Waals surface area (Å²) in [6.45, 7) is 8.79. The fraction of sp³-hybridized carbons (Fsp3) is 0.316. The molecule has 1 aliphatic heterocycles. The number of halogens is 1. The minimum atomic E-state index is -1.42. The third-order valence-electron chi connectivity index (χ3n) is 8.99. The molecule has 7 heteroatoms. The molecule has 0 saturated carbocycles. The van der Waals surface area contributed by atoms with Crippen molar-refractivity contribution in [1.29, 1.82) is 0 Å². The van der Waals surface area contributed by atoms with Crippen molar-refractivity contribution in [1.82, 2.24) is 9.80 Å². The summed E-state index contributed by atoms with van der Waals surface area (Å²) in [5.41, 5.74) is 1.17. The first-order valence-corrected chi connectivity index (χ1v) is 15.7. The molecule has 1 N–H and O–H groups in total. The van der Waals surface area contributed by atoms with Crippen LogP contribution < -0.4 is 4.74 Å². The molecule has 1 saturated heterocycles. The second kappa shape index (κ2) is 14.2. The Hall–Kier alpha value is -4.33. The summed E-state index contributed by atoms with van der Waals surface area (Å²) in [5, 5.41) is 12.1. The molecule has 1 heterocycles. The Bertz CT molecular complexity index is 1520. The van der Waals surface area contributed by atoms with Crippen molar-refractivity contribution in [3.05, 3.63) is 137 Å². The smallest absolute Gasteiger partial charge is 0.237 e. The van der Waals surface area contributed by atoms with E-state index in [1.54, 1.807) is 12.1 Å². The Morgan fingerprint density at radius 2 is 1.24 bits per heavy atom. The highest BCUT2D eigenvalue weighted by Crippen LogP contribution is 2.43. The third kappa shape index (κ3) is 6.85. The van der Waals surface area contributed by atoms with Crippen molar-refractivity contribution >= 4 is 11.8 Å². The van der Waals surface area contributed by atoms with E-state index in [4.69, 9.17) is 4.74 Å². The van der Waals surface area contributed by atoms with E-state index in [-0.39, 0.29) is 30.8 Å². The lowest BCUT2D eigenvalue weighted by molar-refractivity contribution is -0.139. The Morgan fingerprint density at radius 3 is 1.71 bits per heavy atom. The number of likely N-dealkylation sites (tertiary alicyclic amines) is 1. The normalized spacial score (nSPS) is 17.6. The number of ether oxygens (including phenoxy) is 1. The summed E-state index contributed by atoms with van der Waals surface area (Å²) in [7, 11) is 0. The van der Waals surface area contributed by atoms with Crippen LogP contribution in [0.3, 0.4) is 0 Å². The van der Waals surface area contributed by atoms with Crippen molar-refractivity contribution in [3.63, 3.8) is 0 Å². The number of amides is 2. The number of benzene rings is 4. The number of carbonyl (C=O) groups excluding carboxylic acids is 2. The quantitative estimate of drug-likeness (QED) is 0.176. The minimum Gasteiger partial charge on any atom is -0.492 e. The number of hydrogen-bond donors (Lipinski definition) is 1. The van der Waals surface area contributed by atoms with Crippen molar-refractivity contribution in [2.45, 2.75) is 50.7 Å². The fourth-order valence-electron chi connectivity index (χ4n) is 6.39. The van der Waals surface area contributed by atoms with Crippen LogP contribution in [0.1, 0.15) is 61.3 Å². The van der Waals surface area contributed by atoms with Gasteiger partial charge in [0.1, 0.15) is 23.8 Å². The molecule has 0 spiro atoms. The predicted molar refractivity (Wildman–Crippen MR) is 173 cm³/mol. The zero-order chi connectivity index (χ0) is 32.0. The molecule has 3 unspecified atom stereocenters. The molecule has 1 fully saturated rings. The highest BCUT2D eigenvalue weighted by molar-refractivity contribution is 6.10. The first kappa shape index (κ1) is 32.1. The molecule has 0 aromatic heterocycles. The van der Waals surface area contributed by atoms with Gasteiger partial charge in [-0.2, -0.15) is 0 Å². The molecule has 45 heavy (non-hydrogen) atoms. The average molecular weight is 609 g/mol. The Morgan fingerprint density at radius 1 is 0.778 bits per heavy atom. The Labute approximate surface area is 265 Å². The van der Waals surface area contributed by atoms with Crippen LogP contribution in [0.2, 0.25) is 0 Å². The van der Waals surface area contributed by atoms with Gasteiger partial charge in [-0.05, 0) is 66.5 Å². The van der Waals surface area contributed by atoms with Gasteiger partial charge in [-0.1, -0.05) is 98.8 Å². The molecule has 3 atom stereocenters. The van der Waals surface area contributed by atoms with E-state index in [0.29, 0.717) is 34.6 Å². The Balaban J connectivity index is 1.42. The van der Waals surface area contributed by atoms with Gasteiger partial charge in [-0.15, -0.1) is 0 Å². The lowest BCUT2D eigenvalue weighted by Gasteiger charge is -2.31. The van der Waals surface area contributed by atoms with Crippen LogP contribution >= 0.6 is 0 Å². The van der Waals surface area contributed by atoms with E-state index in [1.807, 2.05) is 84.9 Å². The summed E-state index contributed by atoms with van der Waals surface area (Å²) in [5.74, 6) is -2.07. The minimum absolute atomic E-state index is 0.0105. The molecule has 4 aromatic carbocycles. The number of imide groups is 1. The van der Waals surface area contributed by atoms with Gasteiger partial charge in [-0.25, -0.2) is 4.39 Å². The monoisotopic (exact) mass is 608 g/mol. The van der Waals surface area contributed by atoms with Gasteiger partial charge in [0.25, 0.3) is 0 Å². The summed E-state index contributed by atoms with van der Waals surface area (Å²) < 4.78 is 19.9. The number of likely N-dealkylation sites (N-methyl/N-ethyl adjacent to an activating group) is 1. The van der Waals surface area contributed by atoms with Crippen molar-refractivity contribution in [2.75, 3.05) is 26.2 Å². The largest absolute Gasteiger partial charge is 0.492 e. The zero-order valence-corrected chi connectivity index (χ0v) is 26.1. The first-order valence-electron chi connectivity index (χ1n) is 15.7. The fourth-order valence-corrected chi connectivity index (χ4v) is 6.39. The van der Waals surface area contributed by atoms with Crippen LogP contribution in [-0.2, 0) is 15.2 Å². The molecule has 0 aliphatic carbocycles. The molecule has 2 amide bonds. The second-order valence-electron chi connectivity index (χ2n) is 11.6. The van der Waals surface area contributed by atoms with Gasteiger partial charge >= 0.3 is 0 Å². The number of nitrogens with zero attached hydrogens (tertiary/aromatic N) is 2. The van der Waals surface area contributed by atoms with Crippen LogP contribution in [0.5, 0.6) is 5.75 Å². The van der Waals surface area contributed by atoms with Gasteiger partial charge in [0.05, 0.1) is 11.8 Å². The van der Waals surface area contributed by atoms with Gasteiger partial charge < -0.3 is 9.84 Å². The second-order valence-corrected chi connectivity index (χ2v) is 11.6. The standard InChI is InChI=1S/C38H41FN2O4/c1-4-40(5-2)27(3)26-45-33-22-18-29(19-23-33)35-34(28-16-20-32(39)21-17-28)36(42)41(37(35)43)25-24-38(44,30-12-8-6-9-13-30)31-14-10-7-11-15-31/h6-23,27,34-35,44H,4-5,24-26H2,1-3H3. The molecule has 4 aromatic rings. The maximum absolute atomic E-state index is 14.1. The molecule has 0 radical (unpaired) electrons. The number of rotatable bonds is 13. The maximum atomic E-state index is 14.1. The molecule has 0 bridgehead atoms. The predicted octanol–water partition coefficient (Wildman–Crippen LogP) is 6.50. The molecule has 1 aliphatic rings. The summed E-state index contributed by atoms with van der Waals surface area (Å²) >= 11 is 0. The van der Waals surface area contributed by atoms with E-state index in [2.05, 4.69) is 25.7 Å². The molecular formula is C38H41FN2O4. The maximum Gasteiger partial charge on any atom is 0.237 e. The van der Waals surface area contributed by atoms with Crippen LogP contribution in [0, 0.1) is 5.82 Å². The van der Waals surface area contributed by atoms with Crippen LogP contribution in [0.25, 0.3) is 0 Å². The highest BCUT2D eigenvalue weighted by atomic mass is 19.1. The van der Waals surface area contributed by atoms with Gasteiger partial charge in [0.2, 0.25) is 11.8 Å². The number of aliphatic hydroxyl groups is 1. The third-order valence-corrected chi connectivity index (χ3v) is 8.99. The average Bonchev–Trinajstić information content (AvgIpc) is 3.33. The number of hydrogen-bond acceptors (Lipinski definition) is 5. The zero-order valence-electron chi connectivity index (χ0n) is 26.1. The van der Waals surface area contributed by atoms with Gasteiger partial charge in [0.15, 0.2) is 0 Å². The van der Waals surface area contributed by atoms with E-state index < -0.39 is 23.3 Å². The molecule has 6 nitrogen and oxygen atoms in total. The topological polar surface area (TPSA) is 70.1 Å². The van der Waals surface area contributed by atoms with Crippen LogP contribution in [0.15, 0.2) is 109 Å². The highest BCUT2D eigenvalue weighted by Gasteiger charge is 2.49. The molecule has 234 valence electrons. The van der Waals surface area contributed by atoms with E-state index in [0.717, 1.165) is 13.1 Å².